The zero-order chi connectivity index (χ0) is 21.4. The van der Waals surface area contributed by atoms with Crippen molar-refractivity contribution in [1.29, 1.82) is 0 Å². The molecule has 1 heterocycles. The van der Waals surface area contributed by atoms with Crippen LogP contribution >= 0.6 is 0 Å². The molecule has 2 aliphatic rings. The quantitative estimate of drug-likeness (QED) is 0.717. The molecule has 1 aromatic rings. The van der Waals surface area contributed by atoms with Crippen LogP contribution in [-0.2, 0) is 14.8 Å². The van der Waals surface area contributed by atoms with Crippen LogP contribution < -0.4 is 10.1 Å². The number of piperidine rings is 1. The Balaban J connectivity index is 1.56. The highest BCUT2D eigenvalue weighted by Crippen LogP contribution is 2.59. The van der Waals surface area contributed by atoms with Gasteiger partial charge in [0.1, 0.15) is 5.75 Å². The van der Waals surface area contributed by atoms with E-state index >= 15 is 0 Å². The molecule has 1 N–H and O–H groups in total. The van der Waals surface area contributed by atoms with Crippen LogP contribution in [-0.4, -0.2) is 44.9 Å². The third-order valence-electron chi connectivity index (χ3n) is 6.20. The first-order valence-electron chi connectivity index (χ1n) is 10.2. The third kappa shape index (κ3) is 4.51. The van der Waals surface area contributed by atoms with Gasteiger partial charge in [0, 0.05) is 19.1 Å². The number of benzene rings is 1. The topological polar surface area (TPSA) is 75.7 Å². The number of methoxy groups -OCH3 is 1. The van der Waals surface area contributed by atoms with Crippen LogP contribution in [0.25, 0.3) is 0 Å². The Morgan fingerprint density at radius 3 is 2.28 bits per heavy atom. The molecule has 0 spiro atoms. The molecule has 1 aromatic carbocycles. The number of carbonyl (C=O) groups excluding carboxylic acids is 1. The van der Waals surface area contributed by atoms with Crippen molar-refractivity contribution in [2.75, 3.05) is 20.2 Å². The SMILES string of the molecule is COc1ccc(S(=O)(=O)N2CCC(NC(=O)C3C(C=C(C)C)C3(C)C)CC2)cc1. The summed E-state index contributed by atoms with van der Waals surface area (Å²) in [5, 5.41) is 3.16. The van der Waals surface area contributed by atoms with Crippen molar-refractivity contribution in [1.82, 2.24) is 9.62 Å². The Morgan fingerprint density at radius 1 is 1.17 bits per heavy atom. The number of carbonyl (C=O) groups is 1. The van der Waals surface area contributed by atoms with Gasteiger partial charge in [-0.15, -0.1) is 0 Å². The van der Waals surface area contributed by atoms with Gasteiger partial charge in [0.15, 0.2) is 0 Å². The first-order chi connectivity index (χ1) is 13.6. The molecule has 29 heavy (non-hydrogen) atoms. The minimum Gasteiger partial charge on any atom is -0.497 e. The molecule has 6 nitrogen and oxygen atoms in total. The fourth-order valence-electron chi connectivity index (χ4n) is 4.28. The normalized spacial score (nSPS) is 24.6. The summed E-state index contributed by atoms with van der Waals surface area (Å²) in [5.74, 6) is 0.996. The lowest BCUT2D eigenvalue weighted by Crippen LogP contribution is -2.47. The van der Waals surface area contributed by atoms with E-state index in [1.54, 1.807) is 31.4 Å². The van der Waals surface area contributed by atoms with Gasteiger partial charge in [-0.25, -0.2) is 8.42 Å². The molecule has 0 aromatic heterocycles. The second kappa shape index (κ2) is 8.11. The van der Waals surface area contributed by atoms with E-state index in [1.807, 2.05) is 0 Å². The van der Waals surface area contributed by atoms with E-state index in [1.165, 1.54) is 9.88 Å². The van der Waals surface area contributed by atoms with E-state index in [2.05, 4.69) is 39.1 Å². The minimum atomic E-state index is -3.53. The maximum atomic E-state index is 12.9. The highest BCUT2D eigenvalue weighted by molar-refractivity contribution is 7.89. The van der Waals surface area contributed by atoms with E-state index in [0.29, 0.717) is 31.7 Å². The molecular weight excluding hydrogens is 388 g/mol. The monoisotopic (exact) mass is 420 g/mol. The molecule has 2 atom stereocenters. The zero-order valence-corrected chi connectivity index (χ0v) is 18.8. The summed E-state index contributed by atoms with van der Waals surface area (Å²) in [6, 6.07) is 6.47. The Kier molecular flexibility index (Phi) is 6.11. The lowest BCUT2D eigenvalue weighted by molar-refractivity contribution is -0.124. The van der Waals surface area contributed by atoms with Crippen molar-refractivity contribution in [3.8, 4) is 5.75 Å². The predicted octanol–water partition coefficient (Wildman–Crippen LogP) is 3.20. The molecule has 1 aliphatic carbocycles. The highest BCUT2D eigenvalue weighted by Gasteiger charge is 2.60. The van der Waals surface area contributed by atoms with Crippen molar-refractivity contribution in [2.45, 2.75) is 51.5 Å². The predicted molar refractivity (Wildman–Crippen MR) is 113 cm³/mol. The fourth-order valence-corrected chi connectivity index (χ4v) is 5.75. The van der Waals surface area contributed by atoms with Gasteiger partial charge in [-0.3, -0.25) is 4.79 Å². The van der Waals surface area contributed by atoms with Crippen LogP contribution in [0.4, 0.5) is 0 Å². The Labute approximate surface area is 174 Å². The van der Waals surface area contributed by atoms with E-state index in [9.17, 15) is 13.2 Å². The summed E-state index contributed by atoms with van der Waals surface area (Å²) in [6.45, 7) is 9.19. The molecule has 7 heteroatoms. The van der Waals surface area contributed by atoms with Crippen LogP contribution in [0.5, 0.6) is 5.75 Å². The first kappa shape index (κ1) is 21.8. The van der Waals surface area contributed by atoms with Gasteiger partial charge in [0.25, 0.3) is 0 Å². The molecule has 0 bridgehead atoms. The molecule has 2 fully saturated rings. The number of allylic oxidation sites excluding steroid dienone is 2. The molecule has 1 amide bonds. The molecule has 160 valence electrons. The van der Waals surface area contributed by atoms with Crippen LogP contribution in [0.3, 0.4) is 0 Å². The number of rotatable bonds is 6. The van der Waals surface area contributed by atoms with Gasteiger partial charge in [-0.05, 0) is 62.3 Å². The molecule has 0 radical (unpaired) electrons. The van der Waals surface area contributed by atoms with E-state index in [-0.39, 0.29) is 34.1 Å². The van der Waals surface area contributed by atoms with E-state index in [4.69, 9.17) is 4.74 Å². The average Bonchev–Trinajstić information content (AvgIpc) is 3.21. The van der Waals surface area contributed by atoms with Crippen molar-refractivity contribution >= 4 is 15.9 Å². The lowest BCUT2D eigenvalue weighted by Gasteiger charge is -2.31. The smallest absolute Gasteiger partial charge is 0.243 e. The van der Waals surface area contributed by atoms with Gasteiger partial charge >= 0.3 is 0 Å². The van der Waals surface area contributed by atoms with Crippen molar-refractivity contribution in [3.05, 3.63) is 35.9 Å². The standard InChI is InChI=1S/C22H32N2O4S/c1-15(2)14-19-20(22(19,3)4)21(25)23-16-10-12-24(13-11-16)29(26,27)18-8-6-17(28-5)7-9-18/h6-9,14,16,19-20H,10-13H2,1-5H3,(H,23,25). The first-order valence-corrected chi connectivity index (χ1v) is 11.6. The maximum Gasteiger partial charge on any atom is 0.243 e. The molecule has 1 aliphatic heterocycles. The van der Waals surface area contributed by atoms with Gasteiger partial charge in [0.2, 0.25) is 15.9 Å². The van der Waals surface area contributed by atoms with Gasteiger partial charge in [-0.2, -0.15) is 4.31 Å². The highest BCUT2D eigenvalue weighted by atomic mass is 32.2. The number of sulfonamides is 1. The van der Waals surface area contributed by atoms with Crippen molar-refractivity contribution in [3.63, 3.8) is 0 Å². The summed E-state index contributed by atoms with van der Waals surface area (Å²) >= 11 is 0. The van der Waals surface area contributed by atoms with E-state index < -0.39 is 10.0 Å². The molecule has 2 unspecified atom stereocenters. The average molecular weight is 421 g/mol. The third-order valence-corrected chi connectivity index (χ3v) is 8.12. The summed E-state index contributed by atoms with van der Waals surface area (Å²) in [5.41, 5.74) is 1.22. The molecule has 3 rings (SSSR count). The Hall–Kier alpha value is -1.86. The van der Waals surface area contributed by atoms with Crippen LogP contribution in [0.15, 0.2) is 40.8 Å². The molecular formula is C22H32N2O4S. The second-order valence-corrected chi connectivity index (χ2v) is 10.9. The Bertz CT molecular complexity index is 878. The Morgan fingerprint density at radius 2 is 1.76 bits per heavy atom. The summed E-state index contributed by atoms with van der Waals surface area (Å²) < 4.78 is 32.3. The number of hydrogen-bond donors (Lipinski definition) is 1. The van der Waals surface area contributed by atoms with Gasteiger partial charge < -0.3 is 10.1 Å². The number of nitrogens with one attached hydrogen (secondary N) is 1. The summed E-state index contributed by atoms with van der Waals surface area (Å²) in [6.07, 6.45) is 3.44. The number of ether oxygens (including phenoxy) is 1. The van der Waals surface area contributed by atoms with Gasteiger partial charge in [-0.1, -0.05) is 25.5 Å². The number of nitrogens with zero attached hydrogens (tertiary/aromatic N) is 1. The van der Waals surface area contributed by atoms with Gasteiger partial charge in [0.05, 0.1) is 17.9 Å². The fraction of sp³-hybridized carbons (Fsp3) is 0.591. The molecule has 1 saturated carbocycles. The van der Waals surface area contributed by atoms with Crippen molar-refractivity contribution in [2.24, 2.45) is 17.3 Å². The molecule has 1 saturated heterocycles. The van der Waals surface area contributed by atoms with Crippen LogP contribution in [0.2, 0.25) is 0 Å². The van der Waals surface area contributed by atoms with Crippen LogP contribution in [0, 0.1) is 17.3 Å². The summed E-state index contributed by atoms with van der Waals surface area (Å²) in [4.78, 5) is 13.0. The minimum absolute atomic E-state index is 0.00142. The number of hydrogen-bond acceptors (Lipinski definition) is 4. The van der Waals surface area contributed by atoms with Crippen molar-refractivity contribution < 1.29 is 17.9 Å². The second-order valence-electron chi connectivity index (χ2n) is 8.93. The van der Waals surface area contributed by atoms with Crippen LogP contribution in [0.1, 0.15) is 40.5 Å². The van der Waals surface area contributed by atoms with E-state index in [0.717, 1.165) is 0 Å². The zero-order valence-electron chi connectivity index (χ0n) is 17.9. The summed E-state index contributed by atoms with van der Waals surface area (Å²) in [7, 11) is -1.98. The maximum absolute atomic E-state index is 12.9. The largest absolute Gasteiger partial charge is 0.497 e. The number of amides is 1. The lowest BCUT2D eigenvalue weighted by atomic mass is 10.1.